The number of methoxy groups -OCH3 is 1. The van der Waals surface area contributed by atoms with Gasteiger partial charge in [-0.25, -0.2) is 8.42 Å². The van der Waals surface area contributed by atoms with Crippen LogP contribution in [0.25, 0.3) is 0 Å². The summed E-state index contributed by atoms with van der Waals surface area (Å²) in [6.45, 7) is 6.89. The van der Waals surface area contributed by atoms with E-state index in [4.69, 9.17) is 9.47 Å². The number of anilines is 1. The molecule has 0 spiro atoms. The predicted molar refractivity (Wildman–Crippen MR) is 114 cm³/mol. The Morgan fingerprint density at radius 1 is 1.20 bits per heavy atom. The van der Waals surface area contributed by atoms with Crippen LogP contribution in [0.1, 0.15) is 20.8 Å². The molecule has 0 bridgehead atoms. The molecule has 144 valence electrons. The third-order valence-electron chi connectivity index (χ3n) is 3.18. The van der Waals surface area contributed by atoms with E-state index in [0.29, 0.717) is 30.6 Å². The summed E-state index contributed by atoms with van der Waals surface area (Å²) in [6, 6.07) is 5.47. The average molecular weight is 485 g/mol. The Kier molecular flexibility index (Phi) is 11.6. The molecule has 0 atom stereocenters. The zero-order valence-electron chi connectivity index (χ0n) is 15.2. The van der Waals surface area contributed by atoms with Crippen LogP contribution in [0.15, 0.2) is 23.2 Å². The van der Waals surface area contributed by atoms with Crippen molar-refractivity contribution in [2.75, 3.05) is 43.6 Å². The van der Waals surface area contributed by atoms with Gasteiger partial charge in [0.1, 0.15) is 0 Å². The molecule has 0 amide bonds. The lowest BCUT2D eigenvalue weighted by atomic mass is 10.2. The molecule has 0 aliphatic carbocycles. The zero-order valence-corrected chi connectivity index (χ0v) is 18.3. The summed E-state index contributed by atoms with van der Waals surface area (Å²) < 4.78 is 33.9. The third kappa shape index (κ3) is 8.61. The molecule has 0 unspecified atom stereocenters. The number of hydrogen-bond donors (Lipinski definition) is 2. The minimum Gasteiger partial charge on any atom is -0.493 e. The first-order chi connectivity index (χ1) is 11.5. The average Bonchev–Trinajstić information content (AvgIpc) is 2.55. The number of halogens is 1. The van der Waals surface area contributed by atoms with Crippen LogP contribution in [0.4, 0.5) is 5.69 Å². The first-order valence-electron chi connectivity index (χ1n) is 8.02. The largest absolute Gasteiger partial charge is 0.493 e. The lowest BCUT2D eigenvalue weighted by Crippen LogP contribution is -2.31. The van der Waals surface area contributed by atoms with Gasteiger partial charge in [-0.2, -0.15) is 0 Å². The maximum absolute atomic E-state index is 11.5. The van der Waals surface area contributed by atoms with E-state index in [1.807, 2.05) is 26.0 Å². The lowest BCUT2D eigenvalue weighted by molar-refractivity contribution is 0.311. The molecule has 0 radical (unpaired) electrons. The van der Waals surface area contributed by atoms with E-state index in [9.17, 15) is 8.42 Å². The number of nitrogens with one attached hydrogen (secondary N) is 2. The van der Waals surface area contributed by atoms with Crippen LogP contribution in [0, 0.1) is 0 Å². The molecule has 0 aliphatic heterocycles. The SMILES string of the molecule is CCNC(=NCCS(=O)(=O)CC)Nc1ccc(OC)c(OCC)c1.I. The van der Waals surface area contributed by atoms with Crippen LogP contribution in [-0.4, -0.2) is 52.7 Å². The van der Waals surface area contributed by atoms with E-state index in [-0.39, 0.29) is 42.0 Å². The first kappa shape index (κ1) is 23.8. The van der Waals surface area contributed by atoms with E-state index in [1.165, 1.54) is 0 Å². The topological polar surface area (TPSA) is 89.0 Å². The summed E-state index contributed by atoms with van der Waals surface area (Å²) in [5.74, 6) is 1.97. The van der Waals surface area contributed by atoms with Gasteiger partial charge in [-0.15, -0.1) is 24.0 Å². The maximum Gasteiger partial charge on any atom is 0.195 e. The Hall–Kier alpha value is -1.23. The minimum absolute atomic E-state index is 0. The van der Waals surface area contributed by atoms with Gasteiger partial charge in [0, 0.05) is 24.1 Å². The van der Waals surface area contributed by atoms with Crippen LogP contribution >= 0.6 is 24.0 Å². The zero-order chi connectivity index (χ0) is 18.0. The van der Waals surface area contributed by atoms with Crippen molar-refractivity contribution in [3.05, 3.63) is 18.2 Å². The fourth-order valence-corrected chi connectivity index (χ4v) is 2.57. The molecule has 9 heteroatoms. The van der Waals surface area contributed by atoms with Crippen molar-refractivity contribution in [3.8, 4) is 11.5 Å². The van der Waals surface area contributed by atoms with Crippen molar-refractivity contribution < 1.29 is 17.9 Å². The molecule has 2 N–H and O–H groups in total. The number of hydrogen-bond acceptors (Lipinski definition) is 5. The molecule has 0 saturated heterocycles. The summed E-state index contributed by atoms with van der Waals surface area (Å²) in [6.07, 6.45) is 0. The van der Waals surface area contributed by atoms with Gasteiger partial charge >= 0.3 is 0 Å². The molecule has 0 fully saturated rings. The van der Waals surface area contributed by atoms with Crippen LogP contribution in [0.5, 0.6) is 11.5 Å². The van der Waals surface area contributed by atoms with Gasteiger partial charge in [-0.1, -0.05) is 6.92 Å². The Morgan fingerprint density at radius 3 is 2.48 bits per heavy atom. The predicted octanol–water partition coefficient (Wildman–Crippen LogP) is 2.52. The molecule has 7 nitrogen and oxygen atoms in total. The van der Waals surface area contributed by atoms with Crippen molar-refractivity contribution in [2.45, 2.75) is 20.8 Å². The fourth-order valence-electron chi connectivity index (χ4n) is 1.91. The first-order valence-corrected chi connectivity index (χ1v) is 9.84. The Labute approximate surface area is 167 Å². The molecule has 1 rings (SSSR count). The monoisotopic (exact) mass is 485 g/mol. The van der Waals surface area contributed by atoms with Crippen molar-refractivity contribution in [1.82, 2.24) is 5.32 Å². The lowest BCUT2D eigenvalue weighted by Gasteiger charge is -2.14. The van der Waals surface area contributed by atoms with Gasteiger partial charge in [0.2, 0.25) is 0 Å². The van der Waals surface area contributed by atoms with Gasteiger partial charge in [-0.3, -0.25) is 4.99 Å². The number of ether oxygens (including phenoxy) is 2. The minimum atomic E-state index is -3.03. The van der Waals surface area contributed by atoms with E-state index in [2.05, 4.69) is 15.6 Å². The van der Waals surface area contributed by atoms with Gasteiger partial charge < -0.3 is 20.1 Å². The highest BCUT2D eigenvalue weighted by molar-refractivity contribution is 14.0. The van der Waals surface area contributed by atoms with E-state index in [0.717, 1.165) is 5.69 Å². The Bertz CT molecular complexity index is 651. The Morgan fingerprint density at radius 2 is 1.92 bits per heavy atom. The van der Waals surface area contributed by atoms with Crippen LogP contribution in [0.3, 0.4) is 0 Å². The summed E-state index contributed by atoms with van der Waals surface area (Å²) in [5, 5.41) is 6.23. The summed E-state index contributed by atoms with van der Waals surface area (Å²) >= 11 is 0. The van der Waals surface area contributed by atoms with Crippen LogP contribution in [-0.2, 0) is 9.84 Å². The smallest absolute Gasteiger partial charge is 0.195 e. The van der Waals surface area contributed by atoms with Crippen molar-refractivity contribution in [1.29, 1.82) is 0 Å². The highest BCUT2D eigenvalue weighted by Gasteiger charge is 2.09. The molecule has 0 saturated carbocycles. The van der Waals surface area contributed by atoms with Gasteiger partial charge in [-0.05, 0) is 26.0 Å². The fraction of sp³-hybridized carbons (Fsp3) is 0.562. The van der Waals surface area contributed by atoms with Crippen molar-refractivity contribution in [2.24, 2.45) is 4.99 Å². The number of aliphatic imine (C=N–C) groups is 1. The molecule has 0 aliphatic rings. The molecular formula is C16H28IN3O4S. The summed E-state index contributed by atoms with van der Waals surface area (Å²) in [4.78, 5) is 4.30. The van der Waals surface area contributed by atoms with E-state index >= 15 is 0 Å². The number of nitrogens with zero attached hydrogens (tertiary/aromatic N) is 1. The number of sulfone groups is 1. The van der Waals surface area contributed by atoms with Crippen molar-refractivity contribution >= 4 is 45.5 Å². The second kappa shape index (κ2) is 12.2. The van der Waals surface area contributed by atoms with Crippen molar-refractivity contribution in [3.63, 3.8) is 0 Å². The Balaban J connectivity index is 0.00000576. The molecule has 0 aromatic heterocycles. The standard InChI is InChI=1S/C16H27N3O4S.HI/c1-5-17-16(18-10-11-24(20,21)7-3)19-13-8-9-14(22-4)15(12-13)23-6-2;/h8-9,12H,5-7,10-11H2,1-4H3,(H2,17,18,19);1H. The second-order valence-electron chi connectivity index (χ2n) is 4.92. The molecule has 0 heterocycles. The number of rotatable bonds is 9. The van der Waals surface area contributed by atoms with Crippen LogP contribution in [0.2, 0.25) is 0 Å². The summed E-state index contributed by atoms with van der Waals surface area (Å²) in [7, 11) is -1.44. The highest BCUT2D eigenvalue weighted by atomic mass is 127. The van der Waals surface area contributed by atoms with Gasteiger partial charge in [0.05, 0.1) is 26.0 Å². The normalized spacial score (nSPS) is 11.4. The molecule has 1 aromatic rings. The maximum atomic E-state index is 11.5. The van der Waals surface area contributed by atoms with Gasteiger partial charge in [0.15, 0.2) is 27.3 Å². The number of guanidine groups is 1. The molecular weight excluding hydrogens is 457 g/mol. The summed E-state index contributed by atoms with van der Waals surface area (Å²) in [5.41, 5.74) is 0.775. The highest BCUT2D eigenvalue weighted by Crippen LogP contribution is 2.30. The number of benzene rings is 1. The van der Waals surface area contributed by atoms with Crippen LogP contribution < -0.4 is 20.1 Å². The molecule has 1 aromatic carbocycles. The third-order valence-corrected chi connectivity index (χ3v) is 4.87. The quantitative estimate of drug-likeness (QED) is 0.318. The second-order valence-corrected chi connectivity index (χ2v) is 7.39. The van der Waals surface area contributed by atoms with E-state index in [1.54, 1.807) is 20.1 Å². The molecule has 25 heavy (non-hydrogen) atoms. The van der Waals surface area contributed by atoms with E-state index < -0.39 is 9.84 Å². The van der Waals surface area contributed by atoms with Gasteiger partial charge in [0.25, 0.3) is 0 Å².